The van der Waals surface area contributed by atoms with Crippen molar-refractivity contribution in [1.29, 1.82) is 0 Å². The second kappa shape index (κ2) is 7.75. The Labute approximate surface area is 165 Å². The summed E-state index contributed by atoms with van der Waals surface area (Å²) in [7, 11) is -0.602. The molecule has 5 nitrogen and oxygen atoms in total. The first kappa shape index (κ1) is 20.1. The summed E-state index contributed by atoms with van der Waals surface area (Å²) >= 11 is 0. The number of methoxy groups -OCH3 is 2. The highest BCUT2D eigenvalue weighted by Crippen LogP contribution is 2.35. The molecule has 3 aromatic rings. The molecule has 0 atom stereocenters. The van der Waals surface area contributed by atoms with Gasteiger partial charge in [0.25, 0.3) is 0 Å². The lowest BCUT2D eigenvalue weighted by Gasteiger charge is -2.32. The third-order valence-electron chi connectivity index (χ3n) is 4.70. The van der Waals surface area contributed by atoms with Gasteiger partial charge >= 0.3 is 0 Å². The van der Waals surface area contributed by atoms with Crippen LogP contribution in [0.2, 0.25) is 0 Å². The van der Waals surface area contributed by atoms with Crippen molar-refractivity contribution in [3.8, 4) is 5.75 Å². The topological polar surface area (TPSA) is 72.8 Å². The van der Waals surface area contributed by atoms with E-state index in [4.69, 9.17) is 9.47 Å². The van der Waals surface area contributed by atoms with Crippen LogP contribution in [-0.4, -0.2) is 27.7 Å². The molecule has 146 valence electrons. The fourth-order valence-electron chi connectivity index (χ4n) is 3.11. The standard InChI is InChI=1S/C22H22O5S/c1-16-4-12-20(13-5-16)28(24,25)21-14-8-18(9-15-21)22(26-2,27-3)17-6-10-19(23)11-7-17/h4-15,23H,1-3H3. The summed E-state index contributed by atoms with van der Waals surface area (Å²) in [5.74, 6) is -1.09. The second-order valence-corrected chi connectivity index (χ2v) is 8.36. The number of phenolic OH excluding ortho intramolecular Hbond substituents is 1. The molecule has 0 saturated heterocycles. The highest BCUT2D eigenvalue weighted by atomic mass is 32.2. The number of hydrogen-bond acceptors (Lipinski definition) is 5. The van der Waals surface area contributed by atoms with Gasteiger partial charge in [-0.1, -0.05) is 29.8 Å². The van der Waals surface area contributed by atoms with Gasteiger partial charge in [0.1, 0.15) is 5.75 Å². The Hall–Kier alpha value is -2.67. The van der Waals surface area contributed by atoms with Gasteiger partial charge in [0.2, 0.25) is 15.6 Å². The molecule has 0 aliphatic heterocycles. The molecule has 0 unspecified atom stereocenters. The number of aryl methyl sites for hydroxylation is 1. The van der Waals surface area contributed by atoms with Crippen LogP contribution in [0.25, 0.3) is 0 Å². The van der Waals surface area contributed by atoms with Crippen LogP contribution >= 0.6 is 0 Å². The molecule has 0 aliphatic rings. The third kappa shape index (κ3) is 3.54. The molecular formula is C22H22O5S. The number of ether oxygens (including phenoxy) is 2. The van der Waals surface area contributed by atoms with Gasteiger partial charge < -0.3 is 14.6 Å². The maximum Gasteiger partial charge on any atom is 0.221 e. The number of benzene rings is 3. The van der Waals surface area contributed by atoms with Crippen molar-refractivity contribution in [2.75, 3.05) is 14.2 Å². The smallest absolute Gasteiger partial charge is 0.221 e. The molecule has 0 heterocycles. The summed E-state index contributed by atoms with van der Waals surface area (Å²) in [4.78, 5) is 0.432. The van der Waals surface area contributed by atoms with Gasteiger partial charge in [0.05, 0.1) is 9.79 Å². The molecule has 3 rings (SSSR count). The summed E-state index contributed by atoms with van der Waals surface area (Å²) in [6, 6.07) is 19.6. The Bertz CT molecular complexity index is 1030. The minimum Gasteiger partial charge on any atom is -0.508 e. The van der Waals surface area contributed by atoms with E-state index in [1.165, 1.54) is 26.4 Å². The Kier molecular flexibility index (Phi) is 5.56. The number of phenols is 1. The number of sulfone groups is 1. The monoisotopic (exact) mass is 398 g/mol. The van der Waals surface area contributed by atoms with Crippen LogP contribution in [-0.2, 0) is 25.1 Å². The van der Waals surface area contributed by atoms with Crippen molar-refractivity contribution >= 4 is 9.84 Å². The maximum absolute atomic E-state index is 12.9. The molecule has 0 radical (unpaired) electrons. The van der Waals surface area contributed by atoms with E-state index < -0.39 is 15.6 Å². The summed E-state index contributed by atoms with van der Waals surface area (Å²) in [6.45, 7) is 1.91. The van der Waals surface area contributed by atoms with Gasteiger partial charge in [0.15, 0.2) is 0 Å². The average molecular weight is 398 g/mol. The van der Waals surface area contributed by atoms with Crippen molar-refractivity contribution < 1.29 is 23.0 Å². The van der Waals surface area contributed by atoms with Crippen molar-refractivity contribution in [2.24, 2.45) is 0 Å². The summed E-state index contributed by atoms with van der Waals surface area (Å²) < 4.78 is 37.1. The minimum atomic E-state index is -3.62. The van der Waals surface area contributed by atoms with Crippen molar-refractivity contribution in [2.45, 2.75) is 22.5 Å². The van der Waals surface area contributed by atoms with E-state index in [-0.39, 0.29) is 15.5 Å². The van der Waals surface area contributed by atoms with E-state index in [0.29, 0.717) is 11.1 Å². The Morgan fingerprint density at radius 2 is 1.11 bits per heavy atom. The molecule has 0 spiro atoms. The first-order valence-corrected chi connectivity index (χ1v) is 10.1. The van der Waals surface area contributed by atoms with Crippen LogP contribution in [0, 0.1) is 6.92 Å². The maximum atomic E-state index is 12.9. The Morgan fingerprint density at radius 3 is 1.54 bits per heavy atom. The molecule has 0 fully saturated rings. The van der Waals surface area contributed by atoms with E-state index in [1.807, 2.05) is 6.92 Å². The first-order chi connectivity index (χ1) is 13.3. The van der Waals surface area contributed by atoms with Crippen LogP contribution in [0.3, 0.4) is 0 Å². The zero-order valence-electron chi connectivity index (χ0n) is 15.9. The number of rotatable bonds is 6. The predicted molar refractivity (Wildman–Crippen MR) is 106 cm³/mol. The van der Waals surface area contributed by atoms with Crippen molar-refractivity contribution in [3.63, 3.8) is 0 Å². The molecule has 6 heteroatoms. The van der Waals surface area contributed by atoms with Crippen LogP contribution in [0.15, 0.2) is 82.6 Å². The van der Waals surface area contributed by atoms with E-state index in [2.05, 4.69) is 0 Å². The molecular weight excluding hydrogens is 376 g/mol. The van der Waals surface area contributed by atoms with E-state index in [0.717, 1.165) is 5.56 Å². The summed E-state index contributed by atoms with van der Waals surface area (Å²) in [5.41, 5.74) is 2.30. The number of hydrogen-bond donors (Lipinski definition) is 1. The van der Waals surface area contributed by atoms with Crippen LogP contribution in [0.1, 0.15) is 16.7 Å². The quantitative estimate of drug-likeness (QED) is 0.635. The van der Waals surface area contributed by atoms with E-state index in [1.54, 1.807) is 60.7 Å². The van der Waals surface area contributed by atoms with Gasteiger partial charge in [-0.2, -0.15) is 0 Å². The molecule has 0 aromatic heterocycles. The van der Waals surface area contributed by atoms with Gasteiger partial charge in [-0.05, 0) is 55.5 Å². The fourth-order valence-corrected chi connectivity index (χ4v) is 4.37. The van der Waals surface area contributed by atoms with Crippen LogP contribution in [0.5, 0.6) is 5.75 Å². The van der Waals surface area contributed by atoms with E-state index >= 15 is 0 Å². The second-order valence-electron chi connectivity index (χ2n) is 6.41. The molecule has 0 saturated carbocycles. The normalized spacial score (nSPS) is 12.1. The van der Waals surface area contributed by atoms with Crippen molar-refractivity contribution in [3.05, 3.63) is 89.5 Å². The largest absolute Gasteiger partial charge is 0.508 e. The van der Waals surface area contributed by atoms with Gasteiger partial charge in [-0.3, -0.25) is 0 Å². The average Bonchev–Trinajstić information content (AvgIpc) is 2.71. The third-order valence-corrected chi connectivity index (χ3v) is 6.48. The summed E-state index contributed by atoms with van der Waals surface area (Å²) in [5, 5.41) is 9.54. The highest BCUT2D eigenvalue weighted by molar-refractivity contribution is 7.91. The molecule has 0 aliphatic carbocycles. The fraction of sp³-hybridized carbons (Fsp3) is 0.182. The molecule has 0 amide bonds. The molecule has 0 bridgehead atoms. The lowest BCUT2D eigenvalue weighted by atomic mass is 9.97. The molecule has 3 aromatic carbocycles. The van der Waals surface area contributed by atoms with Crippen molar-refractivity contribution in [1.82, 2.24) is 0 Å². The lowest BCUT2D eigenvalue weighted by molar-refractivity contribution is -0.183. The van der Waals surface area contributed by atoms with Crippen LogP contribution < -0.4 is 0 Å². The van der Waals surface area contributed by atoms with Gasteiger partial charge in [-0.25, -0.2) is 8.42 Å². The molecule has 28 heavy (non-hydrogen) atoms. The number of aromatic hydroxyl groups is 1. The Balaban J connectivity index is 2.02. The van der Waals surface area contributed by atoms with Gasteiger partial charge in [0, 0.05) is 25.3 Å². The van der Waals surface area contributed by atoms with Gasteiger partial charge in [-0.15, -0.1) is 0 Å². The molecule has 1 N–H and O–H groups in total. The minimum absolute atomic E-state index is 0.129. The summed E-state index contributed by atoms with van der Waals surface area (Å²) in [6.07, 6.45) is 0. The van der Waals surface area contributed by atoms with E-state index in [9.17, 15) is 13.5 Å². The predicted octanol–water partition coefficient (Wildman–Crippen LogP) is 4.03. The highest BCUT2D eigenvalue weighted by Gasteiger charge is 2.35. The zero-order valence-corrected chi connectivity index (χ0v) is 16.7. The SMILES string of the molecule is COC(OC)(c1ccc(O)cc1)c1ccc(S(=O)(=O)c2ccc(C)cc2)cc1. The zero-order chi connectivity index (χ0) is 20.4. The van der Waals surface area contributed by atoms with Crippen LogP contribution in [0.4, 0.5) is 0 Å². The first-order valence-electron chi connectivity index (χ1n) is 8.65. The lowest BCUT2D eigenvalue weighted by Crippen LogP contribution is -2.32. The Morgan fingerprint density at radius 1 is 0.714 bits per heavy atom.